The first-order valence-corrected chi connectivity index (χ1v) is 13.6. The average Bonchev–Trinajstić information content (AvgIpc) is 3.73. The average molecular weight is 535 g/mol. The molecule has 2 amide bonds. The van der Waals surface area contributed by atoms with Crippen LogP contribution < -0.4 is 20.9 Å². The summed E-state index contributed by atoms with van der Waals surface area (Å²) in [6.07, 6.45) is 4.06. The number of imidazole rings is 1. The van der Waals surface area contributed by atoms with Crippen LogP contribution in [0.25, 0.3) is 21.9 Å². The maximum absolute atomic E-state index is 13.2. The van der Waals surface area contributed by atoms with E-state index in [9.17, 15) is 4.79 Å². The molecule has 4 N–H and O–H groups in total. The van der Waals surface area contributed by atoms with E-state index in [1.54, 1.807) is 0 Å². The normalized spacial score (nSPS) is 15.4. The van der Waals surface area contributed by atoms with E-state index in [0.717, 1.165) is 70.6 Å². The number of ether oxygens (including phenoxy) is 1. The lowest BCUT2D eigenvalue weighted by atomic mass is 10.1. The number of para-hydroxylation sites is 1. The summed E-state index contributed by atoms with van der Waals surface area (Å²) in [4.78, 5) is 32.9. The number of carbonyl (C=O) groups is 1. The number of aromatic nitrogens is 4. The van der Waals surface area contributed by atoms with Crippen LogP contribution in [0.5, 0.6) is 0 Å². The number of aromatic amines is 1. The molecule has 1 aliphatic carbocycles. The fourth-order valence-electron chi connectivity index (χ4n) is 5.13. The Morgan fingerprint density at radius 1 is 0.975 bits per heavy atom. The van der Waals surface area contributed by atoms with Crippen LogP contribution in [0.4, 0.5) is 33.5 Å². The van der Waals surface area contributed by atoms with E-state index in [0.29, 0.717) is 36.5 Å². The van der Waals surface area contributed by atoms with Gasteiger partial charge in [0, 0.05) is 47.7 Å². The molecule has 2 aromatic heterocycles. The summed E-state index contributed by atoms with van der Waals surface area (Å²) in [5, 5.41) is 10.3. The van der Waals surface area contributed by atoms with Crippen LogP contribution in [-0.4, -0.2) is 52.3 Å². The molecule has 1 aliphatic heterocycles. The van der Waals surface area contributed by atoms with Crippen LogP contribution in [0.3, 0.4) is 0 Å². The molecule has 3 aromatic carbocycles. The second kappa shape index (κ2) is 10.1. The summed E-state index contributed by atoms with van der Waals surface area (Å²) in [6.45, 7) is 5.10. The van der Waals surface area contributed by atoms with Gasteiger partial charge < -0.3 is 30.6 Å². The number of morpholine rings is 1. The third-order valence-corrected chi connectivity index (χ3v) is 7.37. The Morgan fingerprint density at radius 2 is 1.82 bits per heavy atom. The zero-order valence-corrected chi connectivity index (χ0v) is 22.2. The molecule has 1 saturated carbocycles. The smallest absolute Gasteiger partial charge is 0.323 e. The van der Waals surface area contributed by atoms with Crippen LogP contribution in [0.1, 0.15) is 30.1 Å². The molecular formula is C30H30N8O2. The lowest BCUT2D eigenvalue weighted by molar-refractivity contribution is 0.122. The number of aryl methyl sites for hydroxylation is 1. The van der Waals surface area contributed by atoms with E-state index in [4.69, 9.17) is 14.7 Å². The molecule has 0 spiro atoms. The van der Waals surface area contributed by atoms with Gasteiger partial charge in [0.1, 0.15) is 11.3 Å². The number of nitrogens with zero attached hydrogens (tertiary/aromatic N) is 4. The first-order chi connectivity index (χ1) is 19.6. The predicted molar refractivity (Wildman–Crippen MR) is 158 cm³/mol. The topological polar surface area (TPSA) is 120 Å². The number of H-pyrrole nitrogens is 1. The Kier molecular flexibility index (Phi) is 6.16. The van der Waals surface area contributed by atoms with E-state index >= 15 is 0 Å². The Labute approximate surface area is 231 Å². The van der Waals surface area contributed by atoms with E-state index < -0.39 is 0 Å². The number of amides is 2. The number of rotatable bonds is 6. The van der Waals surface area contributed by atoms with Gasteiger partial charge in [0.15, 0.2) is 0 Å². The van der Waals surface area contributed by atoms with Crippen LogP contribution in [0.2, 0.25) is 0 Å². The third kappa shape index (κ3) is 5.01. The van der Waals surface area contributed by atoms with E-state index in [-0.39, 0.29) is 6.03 Å². The van der Waals surface area contributed by atoms with Crippen LogP contribution in [-0.2, 0) is 4.74 Å². The first-order valence-electron chi connectivity index (χ1n) is 13.6. The molecule has 10 nitrogen and oxygen atoms in total. The highest BCUT2D eigenvalue weighted by molar-refractivity contribution is 6.06. The van der Waals surface area contributed by atoms with Gasteiger partial charge in [0.2, 0.25) is 5.95 Å². The monoisotopic (exact) mass is 534 g/mol. The van der Waals surface area contributed by atoms with Crippen LogP contribution >= 0.6 is 0 Å². The fourth-order valence-corrected chi connectivity index (χ4v) is 5.13. The maximum atomic E-state index is 13.2. The molecular weight excluding hydrogens is 504 g/mol. The standard InChI is InChI=1S/C30H30N8O2/c1-18-4-2-5-20-17-31-29(37-26(18)20)32-22-15-24-27(36-28(34-24)19-8-9-19)25(16-22)35-30(39)33-21-6-3-7-23(14-21)38-10-12-40-13-11-38/h2-7,14-17,19H,8-13H2,1H3,(H,34,36)(H,31,32,37)(H2,33,35,39). The van der Waals surface area contributed by atoms with Crippen molar-refractivity contribution in [3.8, 4) is 0 Å². The Balaban J connectivity index is 1.16. The molecule has 0 atom stereocenters. The molecule has 5 aromatic rings. The molecule has 0 bridgehead atoms. The maximum Gasteiger partial charge on any atom is 0.323 e. The van der Waals surface area contributed by atoms with Crippen molar-refractivity contribution in [2.45, 2.75) is 25.7 Å². The van der Waals surface area contributed by atoms with E-state index in [1.165, 1.54) is 0 Å². The number of anilines is 5. The minimum Gasteiger partial charge on any atom is -0.378 e. The summed E-state index contributed by atoms with van der Waals surface area (Å²) >= 11 is 0. The van der Waals surface area contributed by atoms with Crippen molar-refractivity contribution in [1.29, 1.82) is 0 Å². The molecule has 1 saturated heterocycles. The molecule has 40 heavy (non-hydrogen) atoms. The predicted octanol–water partition coefficient (Wildman–Crippen LogP) is 5.92. The van der Waals surface area contributed by atoms with E-state index in [1.807, 2.05) is 67.7 Å². The van der Waals surface area contributed by atoms with Gasteiger partial charge in [-0.2, -0.15) is 0 Å². The molecule has 0 unspecified atom stereocenters. The van der Waals surface area contributed by atoms with Crippen molar-refractivity contribution >= 4 is 56.7 Å². The Bertz CT molecular complexity index is 1720. The summed E-state index contributed by atoms with van der Waals surface area (Å²) in [7, 11) is 0. The van der Waals surface area contributed by atoms with Gasteiger partial charge in [-0.05, 0) is 55.7 Å². The number of benzene rings is 3. The highest BCUT2D eigenvalue weighted by Crippen LogP contribution is 2.40. The van der Waals surface area contributed by atoms with Crippen LogP contribution in [0, 0.1) is 6.92 Å². The minimum absolute atomic E-state index is 0.342. The van der Waals surface area contributed by atoms with Gasteiger partial charge in [-0.1, -0.05) is 24.3 Å². The minimum atomic E-state index is -0.342. The summed E-state index contributed by atoms with van der Waals surface area (Å²) in [6, 6.07) is 17.4. The van der Waals surface area contributed by atoms with Crippen molar-refractivity contribution in [2.75, 3.05) is 47.2 Å². The lowest BCUT2D eigenvalue weighted by Crippen LogP contribution is -2.36. The van der Waals surface area contributed by atoms with Gasteiger partial charge in [0.25, 0.3) is 0 Å². The largest absolute Gasteiger partial charge is 0.378 e. The Hall–Kier alpha value is -4.70. The summed E-state index contributed by atoms with van der Waals surface area (Å²) in [5.41, 5.74) is 6.66. The fraction of sp³-hybridized carbons (Fsp3) is 0.267. The van der Waals surface area contributed by atoms with Gasteiger partial charge in [-0.15, -0.1) is 0 Å². The van der Waals surface area contributed by atoms with Crippen molar-refractivity contribution in [3.63, 3.8) is 0 Å². The molecule has 3 heterocycles. The zero-order chi connectivity index (χ0) is 27.1. The molecule has 2 fully saturated rings. The zero-order valence-electron chi connectivity index (χ0n) is 22.2. The summed E-state index contributed by atoms with van der Waals surface area (Å²) in [5.74, 6) is 1.88. The van der Waals surface area contributed by atoms with Gasteiger partial charge in [-0.25, -0.2) is 19.7 Å². The Morgan fingerprint density at radius 3 is 2.67 bits per heavy atom. The van der Waals surface area contributed by atoms with Crippen molar-refractivity contribution in [2.24, 2.45) is 0 Å². The number of urea groups is 1. The first kappa shape index (κ1) is 24.3. The second-order valence-corrected chi connectivity index (χ2v) is 10.4. The quantitative estimate of drug-likeness (QED) is 0.214. The number of carbonyl (C=O) groups excluding carboxylic acids is 1. The number of fused-ring (bicyclic) bond motifs is 2. The highest BCUT2D eigenvalue weighted by Gasteiger charge is 2.27. The van der Waals surface area contributed by atoms with E-state index in [2.05, 4.69) is 30.8 Å². The molecule has 2 aliphatic rings. The molecule has 10 heteroatoms. The number of nitrogens with one attached hydrogen (secondary N) is 4. The summed E-state index contributed by atoms with van der Waals surface area (Å²) < 4.78 is 5.47. The lowest BCUT2D eigenvalue weighted by Gasteiger charge is -2.29. The number of hydrogen-bond acceptors (Lipinski definition) is 7. The van der Waals surface area contributed by atoms with Gasteiger partial charge in [0.05, 0.1) is 29.9 Å². The molecule has 0 radical (unpaired) electrons. The molecule has 7 rings (SSSR count). The highest BCUT2D eigenvalue weighted by atomic mass is 16.5. The van der Waals surface area contributed by atoms with Crippen LogP contribution in [0.15, 0.2) is 60.8 Å². The van der Waals surface area contributed by atoms with Gasteiger partial charge in [-0.3, -0.25) is 0 Å². The SMILES string of the molecule is Cc1cccc2cnc(Nc3cc(NC(=O)Nc4cccc(N5CCOCC5)c4)c4nc(C5CC5)[nH]c4c3)nc12. The van der Waals surface area contributed by atoms with Crippen molar-refractivity contribution < 1.29 is 9.53 Å². The number of hydrogen-bond donors (Lipinski definition) is 4. The second-order valence-electron chi connectivity index (χ2n) is 10.4. The van der Waals surface area contributed by atoms with Crippen molar-refractivity contribution in [3.05, 3.63) is 72.2 Å². The molecule has 202 valence electrons. The third-order valence-electron chi connectivity index (χ3n) is 7.37. The van der Waals surface area contributed by atoms with Gasteiger partial charge >= 0.3 is 6.03 Å². The van der Waals surface area contributed by atoms with Crippen molar-refractivity contribution in [1.82, 2.24) is 19.9 Å².